The molecule has 1 aliphatic heterocycles. The quantitative estimate of drug-likeness (QED) is 0.677. The van der Waals surface area contributed by atoms with Crippen molar-refractivity contribution in [1.29, 1.82) is 0 Å². The molecule has 0 bridgehead atoms. The molecule has 1 fully saturated rings. The minimum atomic E-state index is 0.759. The van der Waals surface area contributed by atoms with Crippen molar-refractivity contribution in [3.8, 4) is 0 Å². The van der Waals surface area contributed by atoms with E-state index in [0.29, 0.717) is 0 Å². The van der Waals surface area contributed by atoms with Crippen LogP contribution in [0.4, 0.5) is 5.13 Å². The van der Waals surface area contributed by atoms with E-state index in [1.54, 1.807) is 29.0 Å². The Bertz CT molecular complexity index is 236. The second kappa shape index (κ2) is 2.89. The summed E-state index contributed by atoms with van der Waals surface area (Å²) in [6.07, 6.45) is 0. The van der Waals surface area contributed by atoms with Crippen molar-refractivity contribution >= 4 is 44.4 Å². The molecule has 3 nitrogen and oxygen atoms in total. The van der Waals surface area contributed by atoms with Crippen molar-refractivity contribution in [3.63, 3.8) is 0 Å². The summed E-state index contributed by atoms with van der Waals surface area (Å²) in [7, 11) is 0. The van der Waals surface area contributed by atoms with Gasteiger partial charge in [0.25, 0.3) is 0 Å². The molecular weight excluding hydrogens is 186 g/mol. The highest BCUT2D eigenvalue weighted by atomic mass is 32.3. The van der Waals surface area contributed by atoms with Crippen LogP contribution in [0.25, 0.3) is 0 Å². The topological polar surface area (TPSA) is 38.1 Å². The molecule has 1 aliphatic rings. The minimum Gasteiger partial charge on any atom is -0.204 e. The second-order valence-corrected chi connectivity index (χ2v) is 4.87. The number of rotatable bonds is 1. The van der Waals surface area contributed by atoms with Crippen LogP contribution >= 0.6 is 34.9 Å². The maximum absolute atomic E-state index is 4.21. The number of thioether (sulfide) groups is 2. The van der Waals surface area contributed by atoms with E-state index in [9.17, 15) is 0 Å². The van der Waals surface area contributed by atoms with Gasteiger partial charge in [0.15, 0.2) is 0 Å². The summed E-state index contributed by atoms with van der Waals surface area (Å²) < 4.78 is 1.11. The van der Waals surface area contributed by atoms with Gasteiger partial charge in [0.05, 0.1) is 5.08 Å². The highest BCUT2D eigenvalue weighted by Gasteiger charge is 2.12. The monoisotopic (exact) mass is 189 g/mol. The molecule has 0 unspecified atom stereocenters. The summed E-state index contributed by atoms with van der Waals surface area (Å²) >= 11 is 4.97. The largest absolute Gasteiger partial charge is 0.232 e. The number of hydrogen-bond acceptors (Lipinski definition) is 6. The molecule has 0 atom stereocenters. The fourth-order valence-electron chi connectivity index (χ4n) is 0.470. The summed E-state index contributed by atoms with van der Waals surface area (Å²) in [4.78, 5) is 4.21. The number of aromatic nitrogens is 2. The lowest BCUT2D eigenvalue weighted by atomic mass is 11.2. The van der Waals surface area contributed by atoms with Crippen molar-refractivity contribution < 1.29 is 0 Å². The van der Waals surface area contributed by atoms with Crippen molar-refractivity contribution in [1.82, 2.24) is 10.2 Å². The van der Waals surface area contributed by atoms with Crippen LogP contribution in [0.3, 0.4) is 0 Å². The fourth-order valence-corrected chi connectivity index (χ4v) is 2.21. The molecule has 2 heterocycles. The number of hydrogen-bond donors (Lipinski definition) is 0. The van der Waals surface area contributed by atoms with Crippen LogP contribution in [-0.2, 0) is 0 Å². The molecule has 0 aromatic carbocycles. The van der Waals surface area contributed by atoms with Crippen molar-refractivity contribution in [2.45, 2.75) is 0 Å². The summed E-state index contributed by atoms with van der Waals surface area (Å²) in [5, 5.41) is 9.35. The van der Waals surface area contributed by atoms with Crippen LogP contribution in [0.2, 0.25) is 0 Å². The number of aliphatic imine (C=N–C) groups is 1. The van der Waals surface area contributed by atoms with Gasteiger partial charge in [-0.25, -0.2) is 4.99 Å². The van der Waals surface area contributed by atoms with Crippen LogP contribution in [0.15, 0.2) is 10.5 Å². The van der Waals surface area contributed by atoms with Crippen LogP contribution in [-0.4, -0.2) is 19.7 Å². The molecule has 0 spiro atoms. The van der Waals surface area contributed by atoms with Gasteiger partial charge in [0.1, 0.15) is 9.89 Å². The van der Waals surface area contributed by atoms with E-state index in [-0.39, 0.29) is 0 Å². The summed E-state index contributed by atoms with van der Waals surface area (Å²) in [6, 6.07) is 0. The van der Waals surface area contributed by atoms with Crippen LogP contribution in [0.5, 0.6) is 0 Å². The first-order chi connectivity index (χ1) is 4.95. The molecular formula is C4H3N3S3. The standard InChI is InChI=1S/C4H3N3S3/c1-5-7-3(8-1)6-4-9-2-10-4/h1H,2H2. The Morgan fingerprint density at radius 3 is 2.90 bits per heavy atom. The molecule has 0 saturated carbocycles. The molecule has 2 rings (SSSR count). The first-order valence-electron chi connectivity index (χ1n) is 2.55. The second-order valence-electron chi connectivity index (χ2n) is 1.51. The van der Waals surface area contributed by atoms with Gasteiger partial charge in [0, 0.05) is 0 Å². The van der Waals surface area contributed by atoms with Gasteiger partial charge in [0.2, 0.25) is 5.13 Å². The van der Waals surface area contributed by atoms with Gasteiger partial charge in [-0.3, -0.25) is 0 Å². The van der Waals surface area contributed by atoms with Crippen molar-refractivity contribution in [2.75, 3.05) is 5.08 Å². The van der Waals surface area contributed by atoms with E-state index in [1.807, 2.05) is 0 Å². The molecule has 1 saturated heterocycles. The first-order valence-corrected chi connectivity index (χ1v) is 5.41. The summed E-state index contributed by atoms with van der Waals surface area (Å²) in [6.45, 7) is 0. The third-order valence-corrected chi connectivity index (χ3v) is 3.81. The first kappa shape index (κ1) is 6.63. The van der Waals surface area contributed by atoms with Crippen molar-refractivity contribution in [2.24, 2.45) is 4.99 Å². The zero-order chi connectivity index (χ0) is 6.81. The van der Waals surface area contributed by atoms with E-state index >= 15 is 0 Å². The van der Waals surface area contributed by atoms with Crippen LogP contribution < -0.4 is 0 Å². The molecule has 0 aliphatic carbocycles. The third-order valence-electron chi connectivity index (χ3n) is 0.900. The van der Waals surface area contributed by atoms with E-state index in [2.05, 4.69) is 15.2 Å². The smallest absolute Gasteiger partial charge is 0.204 e. The number of nitrogens with zero attached hydrogens (tertiary/aromatic N) is 3. The lowest BCUT2D eigenvalue weighted by Crippen LogP contribution is -1.96. The van der Waals surface area contributed by atoms with Gasteiger partial charge in [-0.2, -0.15) is 0 Å². The molecule has 1 aromatic heterocycles. The predicted octanol–water partition coefficient (Wildman–Crippen LogP) is 1.96. The molecule has 6 heteroatoms. The predicted molar refractivity (Wildman–Crippen MR) is 47.1 cm³/mol. The van der Waals surface area contributed by atoms with E-state index in [1.165, 1.54) is 11.3 Å². The lowest BCUT2D eigenvalue weighted by Gasteiger charge is -2.10. The Morgan fingerprint density at radius 2 is 2.40 bits per heavy atom. The van der Waals surface area contributed by atoms with Crippen LogP contribution in [0, 0.1) is 0 Å². The minimum absolute atomic E-state index is 0.759. The maximum Gasteiger partial charge on any atom is 0.232 e. The fraction of sp³-hybridized carbons (Fsp3) is 0.250. The average Bonchev–Trinajstić information content (AvgIpc) is 2.29. The molecule has 1 aromatic rings. The molecule has 0 radical (unpaired) electrons. The van der Waals surface area contributed by atoms with Crippen molar-refractivity contribution in [3.05, 3.63) is 5.51 Å². The zero-order valence-electron chi connectivity index (χ0n) is 4.85. The summed E-state index contributed by atoms with van der Waals surface area (Å²) in [5.41, 5.74) is 1.69. The molecule has 0 amide bonds. The normalized spacial score (nSPS) is 16.6. The molecule has 0 N–H and O–H groups in total. The van der Waals surface area contributed by atoms with Crippen LogP contribution in [0.1, 0.15) is 0 Å². The molecule has 52 valence electrons. The van der Waals surface area contributed by atoms with Gasteiger partial charge in [-0.15, -0.1) is 10.2 Å². The van der Waals surface area contributed by atoms with Gasteiger partial charge in [-0.05, 0) is 0 Å². The Kier molecular flexibility index (Phi) is 1.92. The Balaban J connectivity index is 2.15. The lowest BCUT2D eigenvalue weighted by molar-refractivity contribution is 1.08. The molecule has 10 heavy (non-hydrogen) atoms. The Hall–Kier alpha value is -0.0700. The Morgan fingerprint density at radius 1 is 1.50 bits per heavy atom. The highest BCUT2D eigenvalue weighted by Crippen LogP contribution is 2.34. The van der Waals surface area contributed by atoms with Gasteiger partial charge in [-0.1, -0.05) is 34.9 Å². The maximum atomic E-state index is 4.21. The average molecular weight is 189 g/mol. The highest BCUT2D eigenvalue weighted by molar-refractivity contribution is 8.52. The third kappa shape index (κ3) is 1.33. The summed E-state index contributed by atoms with van der Waals surface area (Å²) in [5.74, 6) is 0. The van der Waals surface area contributed by atoms with E-state index < -0.39 is 0 Å². The van der Waals surface area contributed by atoms with E-state index in [0.717, 1.165) is 14.6 Å². The van der Waals surface area contributed by atoms with Gasteiger partial charge >= 0.3 is 0 Å². The van der Waals surface area contributed by atoms with E-state index in [4.69, 9.17) is 0 Å². The zero-order valence-corrected chi connectivity index (χ0v) is 7.30. The Labute approximate surface area is 70.3 Å². The van der Waals surface area contributed by atoms with Gasteiger partial charge < -0.3 is 0 Å². The SMILES string of the molecule is c1nnc(N=C2SCS2)s1.